The molecule has 5 heteroatoms. The molecule has 18 heavy (non-hydrogen) atoms. The van der Waals surface area contributed by atoms with Gasteiger partial charge in [0.1, 0.15) is 11.6 Å². The lowest BCUT2D eigenvalue weighted by Gasteiger charge is -2.09. The van der Waals surface area contributed by atoms with Crippen LogP contribution < -0.4 is 5.32 Å². The number of halogens is 2. The molecule has 0 fully saturated rings. The molecule has 0 unspecified atom stereocenters. The van der Waals surface area contributed by atoms with Crippen molar-refractivity contribution in [3.8, 4) is 0 Å². The van der Waals surface area contributed by atoms with Crippen molar-refractivity contribution in [2.24, 2.45) is 0 Å². The van der Waals surface area contributed by atoms with Gasteiger partial charge in [-0.05, 0) is 32.4 Å². The summed E-state index contributed by atoms with van der Waals surface area (Å²) in [5.41, 5.74) is 3.21. The molecule has 0 aliphatic heterocycles. The molecule has 1 aromatic heterocycles. The number of aromatic nitrogens is 2. The van der Waals surface area contributed by atoms with Gasteiger partial charge in [-0.15, -0.1) is 0 Å². The minimum absolute atomic E-state index is 0.165. The van der Waals surface area contributed by atoms with Gasteiger partial charge in [-0.25, -0.2) is 8.78 Å². The molecule has 2 aromatic rings. The Bertz CT molecular complexity index is 556. The van der Waals surface area contributed by atoms with Crippen LogP contribution in [0.25, 0.3) is 0 Å². The SMILES string of the molecule is Cc1cc(F)c(NCc2c(C)n[nH]c2C)cc1F. The van der Waals surface area contributed by atoms with Gasteiger partial charge in [0.2, 0.25) is 0 Å². The first-order chi connectivity index (χ1) is 8.49. The molecule has 2 N–H and O–H groups in total. The van der Waals surface area contributed by atoms with Gasteiger partial charge >= 0.3 is 0 Å². The number of aryl methyl sites for hydroxylation is 3. The predicted octanol–water partition coefficient (Wildman–Crippen LogP) is 3.23. The summed E-state index contributed by atoms with van der Waals surface area (Å²) in [6, 6.07) is 2.36. The molecule has 96 valence electrons. The molecule has 0 radical (unpaired) electrons. The second kappa shape index (κ2) is 4.76. The minimum Gasteiger partial charge on any atom is -0.378 e. The molecule has 2 rings (SSSR count). The second-order valence-electron chi connectivity index (χ2n) is 4.35. The van der Waals surface area contributed by atoms with E-state index in [4.69, 9.17) is 0 Å². The van der Waals surface area contributed by atoms with Crippen molar-refractivity contribution in [1.82, 2.24) is 10.2 Å². The Hall–Kier alpha value is -1.91. The van der Waals surface area contributed by atoms with E-state index < -0.39 is 11.6 Å². The number of hydrogen-bond donors (Lipinski definition) is 2. The van der Waals surface area contributed by atoms with Crippen LogP contribution in [0.4, 0.5) is 14.5 Å². The number of aromatic amines is 1. The normalized spacial score (nSPS) is 10.7. The highest BCUT2D eigenvalue weighted by Crippen LogP contribution is 2.20. The van der Waals surface area contributed by atoms with Crippen LogP contribution >= 0.6 is 0 Å². The first kappa shape index (κ1) is 12.5. The van der Waals surface area contributed by atoms with E-state index in [0.717, 1.165) is 17.0 Å². The number of benzene rings is 1. The van der Waals surface area contributed by atoms with E-state index >= 15 is 0 Å². The first-order valence-corrected chi connectivity index (χ1v) is 5.69. The smallest absolute Gasteiger partial charge is 0.146 e. The lowest BCUT2D eigenvalue weighted by atomic mass is 10.1. The molecule has 3 nitrogen and oxygen atoms in total. The van der Waals surface area contributed by atoms with E-state index in [2.05, 4.69) is 15.5 Å². The second-order valence-corrected chi connectivity index (χ2v) is 4.35. The van der Waals surface area contributed by atoms with E-state index in [-0.39, 0.29) is 5.69 Å². The van der Waals surface area contributed by atoms with Crippen LogP contribution in [-0.4, -0.2) is 10.2 Å². The van der Waals surface area contributed by atoms with E-state index in [1.165, 1.54) is 19.1 Å². The van der Waals surface area contributed by atoms with E-state index in [1.807, 2.05) is 13.8 Å². The average molecular weight is 251 g/mol. The summed E-state index contributed by atoms with van der Waals surface area (Å²) in [6.07, 6.45) is 0. The summed E-state index contributed by atoms with van der Waals surface area (Å²) in [5.74, 6) is -0.868. The van der Waals surface area contributed by atoms with E-state index in [9.17, 15) is 8.78 Å². The molecule has 0 spiro atoms. The molecule has 1 aromatic carbocycles. The van der Waals surface area contributed by atoms with Gasteiger partial charge < -0.3 is 5.32 Å². The van der Waals surface area contributed by atoms with Crippen LogP contribution in [0.5, 0.6) is 0 Å². The van der Waals surface area contributed by atoms with E-state index in [0.29, 0.717) is 12.1 Å². The topological polar surface area (TPSA) is 40.7 Å². The van der Waals surface area contributed by atoms with Gasteiger partial charge in [-0.2, -0.15) is 5.10 Å². The van der Waals surface area contributed by atoms with E-state index in [1.54, 1.807) is 0 Å². The fraction of sp³-hybridized carbons (Fsp3) is 0.308. The predicted molar refractivity (Wildman–Crippen MR) is 66.5 cm³/mol. The third-order valence-corrected chi connectivity index (χ3v) is 2.98. The van der Waals surface area contributed by atoms with Crippen LogP contribution in [0.3, 0.4) is 0 Å². The molecule has 0 amide bonds. The maximum Gasteiger partial charge on any atom is 0.146 e. The van der Waals surface area contributed by atoms with Crippen molar-refractivity contribution in [3.63, 3.8) is 0 Å². The van der Waals surface area contributed by atoms with Crippen LogP contribution in [0.15, 0.2) is 12.1 Å². The van der Waals surface area contributed by atoms with Crippen molar-refractivity contribution in [3.05, 3.63) is 46.3 Å². The number of rotatable bonds is 3. The Labute approximate surface area is 104 Å². The lowest BCUT2D eigenvalue weighted by molar-refractivity contribution is 0.594. The molecule has 0 atom stereocenters. The zero-order chi connectivity index (χ0) is 13.3. The number of H-pyrrole nitrogens is 1. The number of nitrogens with zero attached hydrogens (tertiary/aromatic N) is 1. The largest absolute Gasteiger partial charge is 0.378 e. The van der Waals surface area contributed by atoms with Crippen molar-refractivity contribution in [2.45, 2.75) is 27.3 Å². The maximum atomic E-state index is 13.6. The van der Waals surface area contributed by atoms with Gasteiger partial charge in [-0.3, -0.25) is 5.10 Å². The fourth-order valence-electron chi connectivity index (χ4n) is 1.80. The number of anilines is 1. The van der Waals surface area contributed by atoms with Crippen LogP contribution in [0, 0.1) is 32.4 Å². The summed E-state index contributed by atoms with van der Waals surface area (Å²) >= 11 is 0. The number of nitrogens with one attached hydrogen (secondary N) is 2. The Morgan fingerprint density at radius 1 is 1.17 bits per heavy atom. The highest BCUT2D eigenvalue weighted by atomic mass is 19.1. The minimum atomic E-state index is -0.451. The summed E-state index contributed by atoms with van der Waals surface area (Å²) in [6.45, 7) is 5.70. The highest BCUT2D eigenvalue weighted by molar-refractivity contribution is 5.47. The van der Waals surface area contributed by atoms with Gasteiger partial charge in [-0.1, -0.05) is 0 Å². The quantitative estimate of drug-likeness (QED) is 0.879. The molecule has 0 aliphatic rings. The maximum absolute atomic E-state index is 13.6. The Morgan fingerprint density at radius 3 is 2.50 bits per heavy atom. The summed E-state index contributed by atoms with van der Waals surface area (Å²) in [7, 11) is 0. The average Bonchev–Trinajstić information content (AvgIpc) is 2.62. The molecular weight excluding hydrogens is 236 g/mol. The molecule has 0 saturated heterocycles. The van der Waals surface area contributed by atoms with Crippen molar-refractivity contribution in [2.75, 3.05) is 5.32 Å². The lowest BCUT2D eigenvalue weighted by Crippen LogP contribution is -2.04. The van der Waals surface area contributed by atoms with Crippen LogP contribution in [-0.2, 0) is 6.54 Å². The molecule has 0 bridgehead atoms. The van der Waals surface area contributed by atoms with Gasteiger partial charge in [0.25, 0.3) is 0 Å². The zero-order valence-electron chi connectivity index (χ0n) is 10.6. The Kier molecular flexibility index (Phi) is 3.32. The summed E-state index contributed by atoms with van der Waals surface area (Å²) < 4.78 is 27.0. The Balaban J connectivity index is 2.18. The highest BCUT2D eigenvalue weighted by Gasteiger charge is 2.10. The molecule has 0 saturated carbocycles. The van der Waals surface area contributed by atoms with Gasteiger partial charge in [0.05, 0.1) is 11.4 Å². The molecule has 0 aliphatic carbocycles. The molecule has 1 heterocycles. The van der Waals surface area contributed by atoms with Crippen molar-refractivity contribution < 1.29 is 8.78 Å². The van der Waals surface area contributed by atoms with Gasteiger partial charge in [0.15, 0.2) is 0 Å². The standard InChI is InChI=1S/C13H15F2N3/c1-7-4-12(15)13(5-11(7)14)16-6-10-8(2)17-18-9(10)3/h4-5,16H,6H2,1-3H3,(H,17,18). The third kappa shape index (κ3) is 2.34. The van der Waals surface area contributed by atoms with Crippen molar-refractivity contribution >= 4 is 5.69 Å². The van der Waals surface area contributed by atoms with Crippen LogP contribution in [0.1, 0.15) is 22.5 Å². The third-order valence-electron chi connectivity index (χ3n) is 2.98. The van der Waals surface area contributed by atoms with Gasteiger partial charge in [0, 0.05) is 23.9 Å². The summed E-state index contributed by atoms with van der Waals surface area (Å²) in [5, 5.41) is 9.79. The first-order valence-electron chi connectivity index (χ1n) is 5.69. The fourth-order valence-corrected chi connectivity index (χ4v) is 1.80. The summed E-state index contributed by atoms with van der Waals surface area (Å²) in [4.78, 5) is 0. The van der Waals surface area contributed by atoms with Crippen LogP contribution in [0.2, 0.25) is 0 Å². The monoisotopic (exact) mass is 251 g/mol. The number of hydrogen-bond acceptors (Lipinski definition) is 2. The molecular formula is C13H15F2N3. The van der Waals surface area contributed by atoms with Crippen molar-refractivity contribution in [1.29, 1.82) is 0 Å². The zero-order valence-corrected chi connectivity index (χ0v) is 10.6. The Morgan fingerprint density at radius 2 is 1.89 bits per heavy atom.